The SMILES string of the molecule is Cl.NC(C(=O)Nc1cccc(Oc2cnccn2)c1)C1CCOCC1. The Hall–Kier alpha value is -2.22. The number of hydrogen-bond donors (Lipinski definition) is 2. The van der Waals surface area contributed by atoms with Crippen LogP contribution in [0.5, 0.6) is 11.6 Å². The molecule has 1 atom stereocenters. The Morgan fingerprint density at radius 1 is 1.32 bits per heavy atom. The fraction of sp³-hybridized carbons (Fsp3) is 0.353. The quantitative estimate of drug-likeness (QED) is 0.845. The Morgan fingerprint density at radius 3 is 2.84 bits per heavy atom. The van der Waals surface area contributed by atoms with E-state index in [4.69, 9.17) is 15.2 Å². The van der Waals surface area contributed by atoms with Gasteiger partial charge in [-0.15, -0.1) is 12.4 Å². The van der Waals surface area contributed by atoms with Gasteiger partial charge in [0.2, 0.25) is 11.8 Å². The predicted octanol–water partition coefficient (Wildman–Crippen LogP) is 2.38. The van der Waals surface area contributed by atoms with Gasteiger partial charge in [0.15, 0.2) is 0 Å². The van der Waals surface area contributed by atoms with Crippen LogP contribution in [0.3, 0.4) is 0 Å². The Bertz CT molecular complexity index is 681. The van der Waals surface area contributed by atoms with Gasteiger partial charge in [-0.1, -0.05) is 6.07 Å². The van der Waals surface area contributed by atoms with Gasteiger partial charge >= 0.3 is 0 Å². The van der Waals surface area contributed by atoms with E-state index in [1.165, 1.54) is 6.20 Å². The van der Waals surface area contributed by atoms with Crippen molar-refractivity contribution in [3.8, 4) is 11.6 Å². The van der Waals surface area contributed by atoms with Gasteiger partial charge in [0.1, 0.15) is 5.75 Å². The number of hydrogen-bond acceptors (Lipinski definition) is 6. The van der Waals surface area contributed by atoms with E-state index < -0.39 is 6.04 Å². The second-order valence-electron chi connectivity index (χ2n) is 5.64. The monoisotopic (exact) mass is 364 g/mol. The van der Waals surface area contributed by atoms with Crippen LogP contribution in [0.25, 0.3) is 0 Å². The van der Waals surface area contributed by atoms with Crippen molar-refractivity contribution in [3.05, 3.63) is 42.9 Å². The topological polar surface area (TPSA) is 99.4 Å². The Labute approximate surface area is 152 Å². The third kappa shape index (κ3) is 5.38. The molecule has 0 spiro atoms. The van der Waals surface area contributed by atoms with Gasteiger partial charge in [-0.3, -0.25) is 9.78 Å². The van der Waals surface area contributed by atoms with Crippen molar-refractivity contribution in [2.75, 3.05) is 18.5 Å². The molecule has 1 fully saturated rings. The summed E-state index contributed by atoms with van der Waals surface area (Å²) < 4.78 is 10.9. The zero-order chi connectivity index (χ0) is 16.8. The first kappa shape index (κ1) is 19.1. The zero-order valence-electron chi connectivity index (χ0n) is 13.6. The van der Waals surface area contributed by atoms with Gasteiger partial charge in [-0.25, -0.2) is 4.98 Å². The number of rotatable bonds is 5. The first-order valence-electron chi connectivity index (χ1n) is 7.90. The van der Waals surface area contributed by atoms with Crippen LogP contribution < -0.4 is 15.8 Å². The molecule has 3 N–H and O–H groups in total. The molecule has 1 aromatic heterocycles. The van der Waals surface area contributed by atoms with E-state index in [1.54, 1.807) is 36.7 Å². The maximum absolute atomic E-state index is 12.3. The first-order chi connectivity index (χ1) is 11.7. The summed E-state index contributed by atoms with van der Waals surface area (Å²) in [7, 11) is 0. The summed E-state index contributed by atoms with van der Waals surface area (Å²) in [4.78, 5) is 20.3. The van der Waals surface area contributed by atoms with Crippen LogP contribution in [0.1, 0.15) is 12.8 Å². The largest absolute Gasteiger partial charge is 0.437 e. The summed E-state index contributed by atoms with van der Waals surface area (Å²) in [6.07, 6.45) is 6.26. The van der Waals surface area contributed by atoms with E-state index in [0.29, 0.717) is 30.5 Å². The molecular formula is C17H21ClN4O3. The molecule has 8 heteroatoms. The minimum absolute atomic E-state index is 0. The van der Waals surface area contributed by atoms with Gasteiger partial charge < -0.3 is 20.5 Å². The molecule has 1 aliphatic heterocycles. The summed E-state index contributed by atoms with van der Waals surface area (Å²) in [5.74, 6) is 0.907. The van der Waals surface area contributed by atoms with Crippen molar-refractivity contribution in [2.24, 2.45) is 11.7 Å². The maximum atomic E-state index is 12.3. The molecule has 1 unspecified atom stereocenters. The van der Waals surface area contributed by atoms with Crippen molar-refractivity contribution < 1.29 is 14.3 Å². The lowest BCUT2D eigenvalue weighted by atomic mass is 9.92. The molecule has 2 heterocycles. The van der Waals surface area contributed by atoms with Crippen LogP contribution in [0.4, 0.5) is 5.69 Å². The number of nitrogens with one attached hydrogen (secondary N) is 1. The van der Waals surface area contributed by atoms with Crippen LogP contribution in [0.2, 0.25) is 0 Å². The molecule has 1 aliphatic rings. The van der Waals surface area contributed by atoms with Gasteiger partial charge in [0.25, 0.3) is 0 Å². The van der Waals surface area contributed by atoms with Gasteiger partial charge in [-0.2, -0.15) is 0 Å². The van der Waals surface area contributed by atoms with Crippen LogP contribution in [0, 0.1) is 5.92 Å². The Balaban J connectivity index is 0.00000225. The summed E-state index contributed by atoms with van der Waals surface area (Å²) in [6, 6.07) is 6.55. The lowest BCUT2D eigenvalue weighted by Gasteiger charge is -2.26. The molecular weight excluding hydrogens is 344 g/mol. The van der Waals surface area contributed by atoms with E-state index in [0.717, 1.165) is 12.8 Å². The van der Waals surface area contributed by atoms with Gasteiger partial charge in [-0.05, 0) is 30.9 Å². The highest BCUT2D eigenvalue weighted by atomic mass is 35.5. The fourth-order valence-corrected chi connectivity index (χ4v) is 2.61. The Kier molecular flexibility index (Phi) is 7.12. The Morgan fingerprint density at radius 2 is 2.12 bits per heavy atom. The smallest absolute Gasteiger partial charge is 0.241 e. The number of amides is 1. The van der Waals surface area contributed by atoms with E-state index in [-0.39, 0.29) is 24.2 Å². The summed E-state index contributed by atoms with van der Waals surface area (Å²) in [5, 5.41) is 2.84. The number of halogens is 1. The number of nitrogens with zero attached hydrogens (tertiary/aromatic N) is 2. The minimum Gasteiger partial charge on any atom is -0.437 e. The summed E-state index contributed by atoms with van der Waals surface area (Å²) >= 11 is 0. The third-order valence-corrected chi connectivity index (χ3v) is 3.94. The third-order valence-electron chi connectivity index (χ3n) is 3.94. The number of carbonyl (C=O) groups is 1. The second kappa shape index (κ2) is 9.31. The number of aromatic nitrogens is 2. The average molecular weight is 365 g/mol. The highest BCUT2D eigenvalue weighted by Gasteiger charge is 2.26. The normalized spacial score (nSPS) is 15.7. The van der Waals surface area contributed by atoms with Crippen molar-refractivity contribution in [2.45, 2.75) is 18.9 Å². The van der Waals surface area contributed by atoms with Crippen LogP contribution in [-0.4, -0.2) is 35.1 Å². The zero-order valence-corrected chi connectivity index (χ0v) is 14.4. The van der Waals surface area contributed by atoms with E-state index in [1.807, 2.05) is 0 Å². The summed E-state index contributed by atoms with van der Waals surface area (Å²) in [5.41, 5.74) is 6.71. The van der Waals surface area contributed by atoms with Crippen LogP contribution >= 0.6 is 12.4 Å². The number of nitrogens with two attached hydrogens (primary N) is 1. The number of anilines is 1. The second-order valence-corrected chi connectivity index (χ2v) is 5.64. The minimum atomic E-state index is -0.543. The molecule has 7 nitrogen and oxygen atoms in total. The van der Waals surface area contributed by atoms with E-state index in [2.05, 4.69) is 15.3 Å². The molecule has 1 aromatic carbocycles. The summed E-state index contributed by atoms with van der Waals surface area (Å²) in [6.45, 7) is 1.32. The standard InChI is InChI=1S/C17H20N4O3.ClH/c18-16(12-4-8-23-9-5-12)17(22)21-13-2-1-3-14(10-13)24-15-11-19-6-7-20-15;/h1-3,6-7,10-12,16H,4-5,8-9,18H2,(H,21,22);1H. The molecule has 0 saturated carbocycles. The van der Waals surface area contributed by atoms with Crippen LogP contribution in [0.15, 0.2) is 42.9 Å². The number of carbonyl (C=O) groups excluding carboxylic acids is 1. The van der Waals surface area contributed by atoms with Gasteiger partial charge in [0, 0.05) is 37.4 Å². The average Bonchev–Trinajstić information content (AvgIpc) is 2.63. The number of ether oxygens (including phenoxy) is 2. The molecule has 0 bridgehead atoms. The predicted molar refractivity (Wildman–Crippen MR) is 95.9 cm³/mol. The number of benzene rings is 1. The molecule has 134 valence electrons. The van der Waals surface area contributed by atoms with E-state index in [9.17, 15) is 4.79 Å². The van der Waals surface area contributed by atoms with Crippen molar-refractivity contribution in [1.82, 2.24) is 9.97 Å². The molecule has 25 heavy (non-hydrogen) atoms. The van der Waals surface area contributed by atoms with E-state index >= 15 is 0 Å². The highest BCUT2D eigenvalue weighted by Crippen LogP contribution is 2.23. The maximum Gasteiger partial charge on any atom is 0.241 e. The fourth-order valence-electron chi connectivity index (χ4n) is 2.61. The van der Waals surface area contributed by atoms with Crippen molar-refractivity contribution >= 4 is 24.0 Å². The van der Waals surface area contributed by atoms with Crippen LogP contribution in [-0.2, 0) is 9.53 Å². The lowest BCUT2D eigenvalue weighted by Crippen LogP contribution is -2.43. The first-order valence-corrected chi connectivity index (χ1v) is 7.90. The molecule has 2 aromatic rings. The molecule has 1 saturated heterocycles. The molecule has 0 radical (unpaired) electrons. The molecule has 1 amide bonds. The van der Waals surface area contributed by atoms with Gasteiger partial charge in [0.05, 0.1) is 12.2 Å². The van der Waals surface area contributed by atoms with Crippen molar-refractivity contribution in [3.63, 3.8) is 0 Å². The molecule has 0 aliphatic carbocycles. The lowest BCUT2D eigenvalue weighted by molar-refractivity contribution is -0.119. The highest BCUT2D eigenvalue weighted by molar-refractivity contribution is 5.95. The van der Waals surface area contributed by atoms with Crippen molar-refractivity contribution in [1.29, 1.82) is 0 Å². The molecule has 3 rings (SSSR count).